The Bertz CT molecular complexity index is 917. The first kappa shape index (κ1) is 19.9. The number of hydrogen-bond acceptors (Lipinski definition) is 4. The number of fused-ring (bicyclic) bond motifs is 1. The van der Waals surface area contributed by atoms with Crippen LogP contribution in [-0.2, 0) is 20.7 Å². The van der Waals surface area contributed by atoms with Crippen LogP contribution in [0.15, 0.2) is 54.6 Å². The molecule has 0 saturated heterocycles. The van der Waals surface area contributed by atoms with Gasteiger partial charge in [-0.05, 0) is 81.0 Å². The zero-order valence-corrected chi connectivity index (χ0v) is 16.9. The molecule has 0 amide bonds. The molecule has 1 aliphatic rings. The van der Waals surface area contributed by atoms with Crippen LogP contribution < -0.4 is 4.74 Å². The summed E-state index contributed by atoms with van der Waals surface area (Å²) < 4.78 is 11.0. The van der Waals surface area contributed by atoms with Crippen LogP contribution in [0, 0.1) is 5.41 Å². The molecular weight excluding hydrogens is 352 g/mol. The largest absolute Gasteiger partial charge is 0.454 e. The summed E-state index contributed by atoms with van der Waals surface area (Å²) in [6, 6.07) is 13.7. The Labute approximate surface area is 166 Å². The summed E-state index contributed by atoms with van der Waals surface area (Å²) in [6.45, 7) is 10.8. The molecule has 0 saturated carbocycles. The molecule has 0 aromatic heterocycles. The summed E-state index contributed by atoms with van der Waals surface area (Å²) in [7, 11) is 0. The van der Waals surface area contributed by atoms with E-state index in [4.69, 9.17) is 9.47 Å². The third kappa shape index (κ3) is 4.33. The van der Waals surface area contributed by atoms with E-state index in [1.807, 2.05) is 32.9 Å². The number of aryl methyl sites for hydroxylation is 1. The van der Waals surface area contributed by atoms with Crippen molar-refractivity contribution in [1.82, 2.24) is 0 Å². The minimum Gasteiger partial charge on any atom is -0.454 e. The summed E-state index contributed by atoms with van der Waals surface area (Å²) in [4.78, 5) is 23.9. The Balaban J connectivity index is 1.79. The van der Waals surface area contributed by atoms with Gasteiger partial charge in [-0.1, -0.05) is 30.8 Å². The van der Waals surface area contributed by atoms with Crippen LogP contribution in [-0.4, -0.2) is 11.9 Å². The molecule has 4 heteroatoms. The monoisotopic (exact) mass is 378 g/mol. The maximum atomic E-state index is 12.0. The molecule has 0 bridgehead atoms. The van der Waals surface area contributed by atoms with Gasteiger partial charge < -0.3 is 9.47 Å². The summed E-state index contributed by atoms with van der Waals surface area (Å²) in [5.41, 5.74) is 4.16. The van der Waals surface area contributed by atoms with Gasteiger partial charge in [0, 0.05) is 5.57 Å². The van der Waals surface area contributed by atoms with Crippen molar-refractivity contribution >= 4 is 11.9 Å². The van der Waals surface area contributed by atoms with Crippen molar-refractivity contribution in [2.45, 2.75) is 46.6 Å². The molecule has 3 rings (SSSR count). The fourth-order valence-electron chi connectivity index (χ4n) is 3.07. The van der Waals surface area contributed by atoms with Crippen molar-refractivity contribution in [3.05, 3.63) is 65.7 Å². The smallest absolute Gasteiger partial charge is 0.333 e. The van der Waals surface area contributed by atoms with Gasteiger partial charge in [0.15, 0.2) is 0 Å². The van der Waals surface area contributed by atoms with Crippen molar-refractivity contribution < 1.29 is 19.1 Å². The number of rotatable bonds is 4. The van der Waals surface area contributed by atoms with Crippen LogP contribution in [0.3, 0.4) is 0 Å². The number of carbonyl (C=O) groups is 2. The minimum absolute atomic E-state index is 0.230. The first-order valence-electron chi connectivity index (χ1n) is 9.47. The van der Waals surface area contributed by atoms with Crippen LogP contribution >= 0.6 is 0 Å². The second-order valence-electron chi connectivity index (χ2n) is 8.29. The van der Waals surface area contributed by atoms with Gasteiger partial charge in [-0.15, -0.1) is 0 Å². The third-order valence-electron chi connectivity index (χ3n) is 4.78. The molecule has 2 aromatic rings. The van der Waals surface area contributed by atoms with Gasteiger partial charge in [-0.3, -0.25) is 4.79 Å². The average Bonchev–Trinajstić information content (AvgIpc) is 3.03. The molecular formula is C24H26O4. The number of hydrogen-bond donors (Lipinski definition) is 0. The summed E-state index contributed by atoms with van der Waals surface area (Å²) >= 11 is 0. The van der Waals surface area contributed by atoms with Crippen LogP contribution in [0.25, 0.3) is 11.1 Å². The van der Waals surface area contributed by atoms with E-state index in [9.17, 15) is 9.59 Å². The fourth-order valence-corrected chi connectivity index (χ4v) is 3.07. The lowest BCUT2D eigenvalue weighted by Crippen LogP contribution is -2.25. The Morgan fingerprint density at radius 2 is 1.68 bits per heavy atom. The van der Waals surface area contributed by atoms with Crippen molar-refractivity contribution in [3.63, 3.8) is 0 Å². The molecule has 146 valence electrons. The molecule has 1 atom stereocenters. The minimum atomic E-state index is -0.547. The van der Waals surface area contributed by atoms with Gasteiger partial charge >= 0.3 is 11.9 Å². The van der Waals surface area contributed by atoms with Crippen LogP contribution in [0.1, 0.15) is 51.3 Å². The van der Waals surface area contributed by atoms with E-state index in [-0.39, 0.29) is 18.0 Å². The number of ether oxygens (including phenoxy) is 2. The van der Waals surface area contributed by atoms with E-state index in [0.717, 1.165) is 29.5 Å². The number of benzene rings is 2. The summed E-state index contributed by atoms with van der Waals surface area (Å²) in [5.74, 6) is -0.0914. The SMILES string of the molecule is C=C(C)C(=O)OC1CCc2ccc(-c3ccc(OC(=O)C(C)(C)C)cc3)cc21. The van der Waals surface area contributed by atoms with E-state index >= 15 is 0 Å². The Hall–Kier alpha value is -2.88. The van der Waals surface area contributed by atoms with E-state index in [1.54, 1.807) is 19.1 Å². The molecule has 0 radical (unpaired) electrons. The highest BCUT2D eigenvalue weighted by atomic mass is 16.5. The van der Waals surface area contributed by atoms with E-state index in [2.05, 4.69) is 24.8 Å². The first-order chi connectivity index (χ1) is 13.1. The highest BCUT2D eigenvalue weighted by Gasteiger charge is 2.27. The zero-order chi connectivity index (χ0) is 20.5. The number of esters is 2. The van der Waals surface area contributed by atoms with E-state index in [0.29, 0.717) is 11.3 Å². The quantitative estimate of drug-likeness (QED) is 0.405. The van der Waals surface area contributed by atoms with Crippen molar-refractivity contribution in [1.29, 1.82) is 0 Å². The zero-order valence-electron chi connectivity index (χ0n) is 16.9. The topological polar surface area (TPSA) is 52.6 Å². The second kappa shape index (κ2) is 7.63. The molecule has 0 spiro atoms. The Morgan fingerprint density at radius 3 is 2.29 bits per heavy atom. The molecule has 1 unspecified atom stereocenters. The highest BCUT2D eigenvalue weighted by Crippen LogP contribution is 2.37. The van der Waals surface area contributed by atoms with Gasteiger partial charge in [0.25, 0.3) is 0 Å². The van der Waals surface area contributed by atoms with E-state index in [1.165, 1.54) is 5.56 Å². The average molecular weight is 378 g/mol. The fraction of sp³-hybridized carbons (Fsp3) is 0.333. The molecule has 0 fully saturated rings. The molecule has 0 N–H and O–H groups in total. The van der Waals surface area contributed by atoms with Gasteiger partial charge in [-0.2, -0.15) is 0 Å². The molecule has 4 nitrogen and oxygen atoms in total. The predicted molar refractivity (Wildman–Crippen MR) is 109 cm³/mol. The molecule has 28 heavy (non-hydrogen) atoms. The van der Waals surface area contributed by atoms with Crippen LogP contribution in [0.4, 0.5) is 0 Å². The van der Waals surface area contributed by atoms with Gasteiger partial charge in [0.2, 0.25) is 0 Å². The Morgan fingerprint density at radius 1 is 1.04 bits per heavy atom. The molecule has 2 aromatic carbocycles. The lowest BCUT2D eigenvalue weighted by Gasteiger charge is -2.16. The van der Waals surface area contributed by atoms with E-state index < -0.39 is 5.41 Å². The lowest BCUT2D eigenvalue weighted by atomic mass is 9.97. The van der Waals surface area contributed by atoms with Gasteiger partial charge in [-0.25, -0.2) is 4.79 Å². The van der Waals surface area contributed by atoms with Crippen LogP contribution in [0.5, 0.6) is 5.75 Å². The highest BCUT2D eigenvalue weighted by molar-refractivity contribution is 5.87. The predicted octanol–water partition coefficient (Wildman–Crippen LogP) is 5.41. The van der Waals surface area contributed by atoms with Crippen molar-refractivity contribution in [2.24, 2.45) is 5.41 Å². The van der Waals surface area contributed by atoms with Crippen molar-refractivity contribution in [3.8, 4) is 16.9 Å². The summed E-state index contributed by atoms with van der Waals surface area (Å²) in [5, 5.41) is 0. The molecule has 0 aliphatic heterocycles. The van der Waals surface area contributed by atoms with Gasteiger partial charge in [0.1, 0.15) is 11.9 Å². The normalized spacial score (nSPS) is 15.6. The maximum absolute atomic E-state index is 12.0. The standard InChI is InChI=1S/C24H26O4/c1-15(2)22(25)28-21-13-10-17-6-7-18(14-20(17)21)16-8-11-19(12-9-16)27-23(26)24(3,4)5/h6-9,11-12,14,21H,1,10,13H2,2-5H3. The van der Waals surface area contributed by atoms with Crippen molar-refractivity contribution in [2.75, 3.05) is 0 Å². The third-order valence-corrected chi connectivity index (χ3v) is 4.78. The Kier molecular flexibility index (Phi) is 5.41. The molecule has 1 aliphatic carbocycles. The van der Waals surface area contributed by atoms with Crippen LogP contribution in [0.2, 0.25) is 0 Å². The maximum Gasteiger partial charge on any atom is 0.333 e. The number of carbonyl (C=O) groups excluding carboxylic acids is 2. The first-order valence-corrected chi connectivity index (χ1v) is 9.47. The lowest BCUT2D eigenvalue weighted by molar-refractivity contribution is -0.144. The molecule has 0 heterocycles. The second-order valence-corrected chi connectivity index (χ2v) is 8.29. The summed E-state index contributed by atoms with van der Waals surface area (Å²) in [6.07, 6.45) is 1.46. The van der Waals surface area contributed by atoms with Gasteiger partial charge in [0.05, 0.1) is 5.41 Å².